The van der Waals surface area contributed by atoms with E-state index in [-0.39, 0.29) is 23.9 Å². The lowest BCUT2D eigenvalue weighted by Gasteiger charge is -2.33. The average molecular weight is 479 g/mol. The number of benzene rings is 2. The van der Waals surface area contributed by atoms with Gasteiger partial charge in [-0.25, -0.2) is 8.42 Å². The van der Waals surface area contributed by atoms with Crippen molar-refractivity contribution >= 4 is 33.6 Å². The summed E-state index contributed by atoms with van der Waals surface area (Å²) in [5, 5.41) is 0.474. The van der Waals surface area contributed by atoms with Crippen LogP contribution in [0.4, 0.5) is 0 Å². The third-order valence-corrected chi connectivity index (χ3v) is 7.44. The van der Waals surface area contributed by atoms with Crippen molar-refractivity contribution in [1.82, 2.24) is 9.21 Å². The van der Waals surface area contributed by atoms with Crippen LogP contribution >= 0.6 is 11.6 Å². The zero-order chi connectivity index (χ0) is 22.7. The topological polar surface area (TPSA) is 85.4 Å². The number of rotatable bonds is 5. The smallest absolute Gasteiger partial charge is 0.246 e. The molecular weight excluding hydrogens is 456 g/mol. The van der Waals surface area contributed by atoms with Gasteiger partial charge < -0.3 is 19.1 Å². The molecule has 0 N–H and O–H groups in total. The minimum absolute atomic E-state index is 0.189. The Balaban J connectivity index is 1.40. The third kappa shape index (κ3) is 4.69. The summed E-state index contributed by atoms with van der Waals surface area (Å²) in [6.45, 7) is 1.97. The fourth-order valence-corrected chi connectivity index (χ4v) is 5.12. The van der Waals surface area contributed by atoms with Crippen molar-refractivity contribution in [3.8, 4) is 17.2 Å². The number of hydrogen-bond acceptors (Lipinski definition) is 6. The molecule has 0 bridgehead atoms. The van der Waals surface area contributed by atoms with Crippen LogP contribution in [0, 0.1) is 0 Å². The van der Waals surface area contributed by atoms with E-state index in [0.29, 0.717) is 48.6 Å². The van der Waals surface area contributed by atoms with Crippen molar-refractivity contribution in [2.45, 2.75) is 4.90 Å². The van der Waals surface area contributed by atoms with Gasteiger partial charge in [0.2, 0.25) is 21.7 Å². The lowest BCUT2D eigenvalue weighted by Crippen LogP contribution is -2.50. The first-order valence-electron chi connectivity index (χ1n) is 10.1. The van der Waals surface area contributed by atoms with Crippen LogP contribution in [0.2, 0.25) is 5.02 Å². The predicted molar refractivity (Wildman–Crippen MR) is 120 cm³/mol. The van der Waals surface area contributed by atoms with E-state index >= 15 is 0 Å². The second-order valence-electron chi connectivity index (χ2n) is 7.26. The molecule has 2 aliphatic rings. The summed E-state index contributed by atoms with van der Waals surface area (Å²) in [5.74, 6) is 1.47. The van der Waals surface area contributed by atoms with Crippen LogP contribution in [0.5, 0.6) is 17.2 Å². The lowest BCUT2D eigenvalue weighted by atomic mass is 10.1. The largest absolute Gasteiger partial charge is 0.493 e. The molecule has 2 aromatic rings. The van der Waals surface area contributed by atoms with Gasteiger partial charge in [-0.2, -0.15) is 4.31 Å². The summed E-state index contributed by atoms with van der Waals surface area (Å²) in [5.41, 5.74) is 0.739. The number of amides is 1. The first kappa shape index (κ1) is 22.4. The predicted octanol–water partition coefficient (Wildman–Crippen LogP) is 2.67. The summed E-state index contributed by atoms with van der Waals surface area (Å²) in [6.07, 6.45) is 3.15. The molecule has 170 valence electrons. The van der Waals surface area contributed by atoms with Crippen molar-refractivity contribution in [3.63, 3.8) is 0 Å². The number of carbonyl (C=O) groups is 1. The van der Waals surface area contributed by atoms with Gasteiger partial charge in [-0.3, -0.25) is 4.79 Å². The number of piperazine rings is 1. The van der Waals surface area contributed by atoms with Crippen molar-refractivity contribution in [3.05, 3.63) is 53.1 Å². The molecule has 2 heterocycles. The van der Waals surface area contributed by atoms with Crippen molar-refractivity contribution in [2.75, 3.05) is 46.5 Å². The Kier molecular flexibility index (Phi) is 6.59. The van der Waals surface area contributed by atoms with E-state index in [0.717, 1.165) is 5.56 Å². The van der Waals surface area contributed by atoms with E-state index in [1.807, 2.05) is 0 Å². The van der Waals surface area contributed by atoms with E-state index in [4.69, 9.17) is 25.8 Å². The van der Waals surface area contributed by atoms with Crippen LogP contribution in [-0.2, 0) is 14.8 Å². The molecule has 0 unspecified atom stereocenters. The molecule has 1 fully saturated rings. The van der Waals surface area contributed by atoms with E-state index in [1.54, 1.807) is 42.4 Å². The van der Waals surface area contributed by atoms with Crippen LogP contribution in [0.1, 0.15) is 5.56 Å². The molecule has 2 aliphatic heterocycles. The minimum Gasteiger partial charge on any atom is -0.493 e. The van der Waals surface area contributed by atoms with Gasteiger partial charge in [0.15, 0.2) is 11.5 Å². The summed E-state index contributed by atoms with van der Waals surface area (Å²) in [6, 6.07) is 9.63. The highest BCUT2D eigenvalue weighted by Gasteiger charge is 2.29. The molecule has 32 heavy (non-hydrogen) atoms. The van der Waals surface area contributed by atoms with Gasteiger partial charge >= 0.3 is 0 Å². The minimum atomic E-state index is -3.62. The van der Waals surface area contributed by atoms with Crippen LogP contribution in [0.25, 0.3) is 6.08 Å². The number of fused-ring (bicyclic) bond motifs is 1. The number of ether oxygens (including phenoxy) is 3. The SMILES string of the molecule is COc1cc(/C=C/C(=O)N2CCN(S(=O)(=O)c3ccc(Cl)cc3)CC2)cc2c1OCCO2. The Hall–Kier alpha value is -2.75. The molecule has 1 amide bonds. The van der Waals surface area contributed by atoms with E-state index in [1.165, 1.54) is 22.5 Å². The fourth-order valence-electron chi connectivity index (χ4n) is 3.57. The van der Waals surface area contributed by atoms with Crippen LogP contribution in [-0.4, -0.2) is 70.0 Å². The molecule has 10 heteroatoms. The van der Waals surface area contributed by atoms with Gasteiger partial charge in [0, 0.05) is 37.3 Å². The van der Waals surface area contributed by atoms with Gasteiger partial charge in [-0.15, -0.1) is 0 Å². The average Bonchev–Trinajstić information content (AvgIpc) is 2.82. The maximum absolute atomic E-state index is 12.8. The standard InChI is InChI=1S/C22H23ClN2O6S/c1-29-19-14-16(15-20-22(19)31-13-12-30-20)2-7-21(26)24-8-10-25(11-9-24)32(27,28)18-5-3-17(23)4-6-18/h2-7,14-15H,8-13H2,1H3/b7-2+. The van der Waals surface area contributed by atoms with E-state index in [9.17, 15) is 13.2 Å². The number of hydrogen-bond donors (Lipinski definition) is 0. The fraction of sp³-hybridized carbons (Fsp3) is 0.318. The molecule has 2 aromatic carbocycles. The molecule has 0 saturated carbocycles. The van der Waals surface area contributed by atoms with Crippen LogP contribution < -0.4 is 14.2 Å². The van der Waals surface area contributed by atoms with Crippen molar-refractivity contribution in [1.29, 1.82) is 0 Å². The van der Waals surface area contributed by atoms with Gasteiger partial charge in [0.25, 0.3) is 0 Å². The second-order valence-corrected chi connectivity index (χ2v) is 9.64. The summed E-state index contributed by atoms with van der Waals surface area (Å²) < 4.78 is 43.5. The lowest BCUT2D eigenvalue weighted by molar-refractivity contribution is -0.127. The zero-order valence-corrected chi connectivity index (χ0v) is 19.1. The molecule has 0 aliphatic carbocycles. The van der Waals surface area contributed by atoms with E-state index in [2.05, 4.69) is 0 Å². The quantitative estimate of drug-likeness (QED) is 0.614. The molecule has 1 saturated heterocycles. The Morgan fingerprint density at radius 3 is 2.44 bits per heavy atom. The normalized spacial score (nSPS) is 16.9. The number of carbonyl (C=O) groups excluding carboxylic acids is 1. The van der Waals surface area contributed by atoms with Crippen molar-refractivity contribution in [2.24, 2.45) is 0 Å². The second kappa shape index (κ2) is 9.40. The first-order valence-corrected chi connectivity index (χ1v) is 11.9. The number of nitrogens with zero attached hydrogens (tertiary/aromatic N) is 2. The summed E-state index contributed by atoms with van der Waals surface area (Å²) in [7, 11) is -2.08. The number of halogens is 1. The van der Waals surface area contributed by atoms with Crippen LogP contribution in [0.3, 0.4) is 0 Å². The van der Waals surface area contributed by atoms with Gasteiger partial charge in [0.05, 0.1) is 12.0 Å². The maximum Gasteiger partial charge on any atom is 0.246 e. The van der Waals surface area contributed by atoms with Gasteiger partial charge in [-0.05, 0) is 48.0 Å². The Morgan fingerprint density at radius 2 is 1.75 bits per heavy atom. The van der Waals surface area contributed by atoms with Crippen molar-refractivity contribution < 1.29 is 27.4 Å². The molecule has 4 rings (SSSR count). The third-order valence-electron chi connectivity index (χ3n) is 5.27. The molecule has 0 radical (unpaired) electrons. The molecule has 0 atom stereocenters. The van der Waals surface area contributed by atoms with Gasteiger partial charge in [0.1, 0.15) is 13.2 Å². The highest BCUT2D eigenvalue weighted by molar-refractivity contribution is 7.89. The molecule has 0 spiro atoms. The summed E-state index contributed by atoms with van der Waals surface area (Å²) >= 11 is 5.85. The summed E-state index contributed by atoms with van der Waals surface area (Å²) in [4.78, 5) is 14.5. The molecule has 0 aromatic heterocycles. The van der Waals surface area contributed by atoms with Crippen LogP contribution in [0.15, 0.2) is 47.4 Å². The highest BCUT2D eigenvalue weighted by Crippen LogP contribution is 2.40. The maximum atomic E-state index is 12.8. The highest BCUT2D eigenvalue weighted by atomic mass is 35.5. The Bertz CT molecular complexity index is 1110. The number of methoxy groups -OCH3 is 1. The Morgan fingerprint density at radius 1 is 1.06 bits per heavy atom. The van der Waals surface area contributed by atoms with Gasteiger partial charge in [-0.1, -0.05) is 11.6 Å². The zero-order valence-electron chi connectivity index (χ0n) is 17.5. The van der Waals surface area contributed by atoms with E-state index < -0.39 is 10.0 Å². The molecule has 8 nitrogen and oxygen atoms in total. The monoisotopic (exact) mass is 478 g/mol. The number of sulfonamides is 1. The Labute approximate surface area is 192 Å². The molecular formula is C22H23ClN2O6S. The first-order chi connectivity index (χ1) is 15.4.